The zero-order valence-corrected chi connectivity index (χ0v) is 27.9. The first kappa shape index (κ1) is 32.4. The Morgan fingerprint density at radius 2 is 1.48 bits per heavy atom. The monoisotopic (exact) mass is 668 g/mol. The number of carbonyl (C=O) groups is 4. The molecule has 4 aliphatic carbocycles. The van der Waals surface area contributed by atoms with Crippen molar-refractivity contribution in [1.29, 1.82) is 0 Å². The Morgan fingerprint density at radius 1 is 0.854 bits per heavy atom. The van der Waals surface area contributed by atoms with E-state index in [1.807, 2.05) is 48.5 Å². The Hall–Kier alpha value is -4.17. The molecule has 0 unspecified atom stereocenters. The summed E-state index contributed by atoms with van der Waals surface area (Å²) in [5.41, 5.74) is 2.02. The summed E-state index contributed by atoms with van der Waals surface area (Å²) in [6.07, 6.45) is 5.79. The summed E-state index contributed by atoms with van der Waals surface area (Å²) < 4.78 is 11.1. The van der Waals surface area contributed by atoms with Crippen LogP contribution in [-0.4, -0.2) is 47.8 Å². The lowest BCUT2D eigenvalue weighted by Crippen LogP contribution is -2.59. The first-order valence-corrected chi connectivity index (χ1v) is 17.4. The van der Waals surface area contributed by atoms with Crippen molar-refractivity contribution in [3.8, 4) is 0 Å². The van der Waals surface area contributed by atoms with Crippen LogP contribution in [-0.2, 0) is 32.2 Å². The molecule has 8 nitrogen and oxygen atoms in total. The van der Waals surface area contributed by atoms with Gasteiger partial charge in [-0.05, 0) is 97.4 Å². The van der Waals surface area contributed by atoms with Crippen LogP contribution in [0.4, 0.5) is 10.5 Å². The highest BCUT2D eigenvalue weighted by molar-refractivity contribution is 6.31. The molecule has 4 bridgehead atoms. The third-order valence-corrected chi connectivity index (χ3v) is 11.4. The number of carbonyl (C=O) groups excluding carboxylic acids is 4. The molecular formula is C39H41ClN2O6. The predicted octanol–water partition coefficient (Wildman–Crippen LogP) is 7.62. The number of hydrogen-bond acceptors (Lipinski definition) is 6. The van der Waals surface area contributed by atoms with E-state index in [1.165, 1.54) is 31.3 Å². The van der Waals surface area contributed by atoms with Gasteiger partial charge < -0.3 is 14.4 Å². The Bertz CT molecular complexity index is 1670. The number of esters is 1. The van der Waals surface area contributed by atoms with Gasteiger partial charge in [-0.1, -0.05) is 72.3 Å². The Kier molecular flexibility index (Phi) is 9.03. The molecule has 4 saturated carbocycles. The van der Waals surface area contributed by atoms with E-state index in [2.05, 4.69) is 0 Å². The van der Waals surface area contributed by atoms with Crippen LogP contribution in [0.15, 0.2) is 78.9 Å². The molecule has 1 heterocycles. The number of methoxy groups -OCH3 is 1. The maximum atomic E-state index is 15.3. The van der Waals surface area contributed by atoms with Crippen LogP contribution in [0.1, 0.15) is 72.9 Å². The number of hydrogen-bond donors (Lipinski definition) is 0. The van der Waals surface area contributed by atoms with Gasteiger partial charge in [-0.3, -0.25) is 14.5 Å². The predicted molar refractivity (Wildman–Crippen MR) is 181 cm³/mol. The Balaban J connectivity index is 1.34. The van der Waals surface area contributed by atoms with E-state index in [1.54, 1.807) is 35.2 Å². The lowest BCUT2D eigenvalue weighted by Gasteiger charge is -2.58. The minimum absolute atomic E-state index is 0.0395. The highest BCUT2D eigenvalue weighted by atomic mass is 35.5. The molecule has 1 aliphatic heterocycles. The van der Waals surface area contributed by atoms with Gasteiger partial charge in [0, 0.05) is 17.0 Å². The molecule has 9 heteroatoms. The molecule has 48 heavy (non-hydrogen) atoms. The number of benzene rings is 3. The summed E-state index contributed by atoms with van der Waals surface area (Å²) in [7, 11) is 1.24. The smallest absolute Gasteiger partial charge is 0.410 e. The number of Topliss-reactive ketones (excluding diaryl/α,β-unsaturated/α-hetero) is 1. The number of ketones is 1. The number of anilines is 1. The molecule has 0 radical (unpaired) electrons. The molecule has 0 N–H and O–H groups in total. The quantitative estimate of drug-likeness (QED) is 0.241. The maximum Gasteiger partial charge on any atom is 0.410 e. The van der Waals surface area contributed by atoms with Gasteiger partial charge >= 0.3 is 12.1 Å². The normalized spacial score (nSPS) is 27.9. The highest BCUT2D eigenvalue weighted by Gasteiger charge is 2.55. The minimum atomic E-state index is -1.37. The summed E-state index contributed by atoms with van der Waals surface area (Å²) in [6, 6.07) is 21.0. The third-order valence-electron chi connectivity index (χ3n) is 11.1. The van der Waals surface area contributed by atoms with Crippen molar-refractivity contribution in [3.63, 3.8) is 0 Å². The molecule has 3 aromatic carbocycles. The molecule has 0 saturated heterocycles. The van der Waals surface area contributed by atoms with Gasteiger partial charge in [0.15, 0.2) is 5.78 Å². The summed E-state index contributed by atoms with van der Waals surface area (Å²) in [6.45, 7) is 0.0422. The van der Waals surface area contributed by atoms with Gasteiger partial charge in [0.2, 0.25) is 5.91 Å². The second kappa shape index (κ2) is 13.4. The summed E-state index contributed by atoms with van der Waals surface area (Å²) in [5.74, 6) is 0.290. The van der Waals surface area contributed by atoms with Gasteiger partial charge in [0.1, 0.15) is 18.7 Å². The second-order valence-corrected chi connectivity index (χ2v) is 14.7. The standard InChI is InChI=1S/C39H41ClN2O6/c1-47-38(46)42-33(37(45)48-24-25-9-3-2-4-10-25)18-35(43)30-12-6-8-14-32(30)41(23-29-11-5-7-13-31(29)40)36(44)34(42)22-39-19-26-15-27(20-39)17-28(16-26)21-39/h2-14,26-28,33-34H,15-24H2,1H3/t26?,27?,28?,33-,34+,39?/m0/s1. The van der Waals surface area contributed by atoms with Crippen molar-refractivity contribution in [3.05, 3.63) is 101 Å². The summed E-state index contributed by atoms with van der Waals surface area (Å²) in [5, 5.41) is 0.485. The number of halogens is 1. The van der Waals surface area contributed by atoms with E-state index >= 15 is 4.79 Å². The molecular weight excluding hydrogens is 628 g/mol. The zero-order chi connectivity index (χ0) is 33.4. The number of nitrogens with zero attached hydrogens (tertiary/aromatic N) is 2. The topological polar surface area (TPSA) is 93.2 Å². The van der Waals surface area contributed by atoms with Crippen molar-refractivity contribution in [2.75, 3.05) is 12.0 Å². The van der Waals surface area contributed by atoms with E-state index < -0.39 is 24.1 Å². The van der Waals surface area contributed by atoms with E-state index in [-0.39, 0.29) is 36.7 Å². The van der Waals surface area contributed by atoms with E-state index in [9.17, 15) is 14.4 Å². The van der Waals surface area contributed by atoms with Crippen molar-refractivity contribution in [2.45, 2.75) is 76.6 Å². The van der Waals surface area contributed by atoms with Crippen LogP contribution in [0.3, 0.4) is 0 Å². The van der Waals surface area contributed by atoms with Gasteiger partial charge in [-0.2, -0.15) is 0 Å². The van der Waals surface area contributed by atoms with Crippen LogP contribution < -0.4 is 4.90 Å². The second-order valence-electron chi connectivity index (χ2n) is 14.3. The SMILES string of the molecule is COC(=O)N1[C@H](CC23CC4CC(CC(C4)C2)C3)C(=O)N(Cc2ccccc2Cl)c2ccccc2C(=O)C[C@H]1C(=O)OCc1ccccc1. The summed E-state index contributed by atoms with van der Waals surface area (Å²) >= 11 is 6.63. The fraction of sp³-hybridized carbons (Fsp3) is 0.436. The van der Waals surface area contributed by atoms with Crippen LogP contribution >= 0.6 is 11.6 Å². The lowest BCUT2D eigenvalue weighted by molar-refractivity contribution is -0.153. The minimum Gasteiger partial charge on any atom is -0.459 e. The van der Waals surface area contributed by atoms with Gasteiger partial charge in [-0.15, -0.1) is 0 Å². The number of ether oxygens (including phenoxy) is 2. The van der Waals surface area contributed by atoms with E-state index in [4.69, 9.17) is 21.1 Å². The largest absolute Gasteiger partial charge is 0.459 e. The number of rotatable bonds is 7. The number of amides is 2. The van der Waals surface area contributed by atoms with Crippen LogP contribution in [0.5, 0.6) is 0 Å². The molecule has 250 valence electrons. The van der Waals surface area contributed by atoms with Gasteiger partial charge in [0.05, 0.1) is 19.3 Å². The fourth-order valence-electron chi connectivity index (χ4n) is 9.44. The molecule has 3 aromatic rings. The van der Waals surface area contributed by atoms with Crippen molar-refractivity contribution >= 4 is 41.0 Å². The summed E-state index contributed by atoms with van der Waals surface area (Å²) in [4.78, 5) is 60.4. The average molecular weight is 669 g/mol. The Labute approximate surface area is 286 Å². The highest BCUT2D eigenvalue weighted by Crippen LogP contribution is 2.62. The molecule has 5 aliphatic rings. The average Bonchev–Trinajstić information content (AvgIpc) is 3.11. The Morgan fingerprint density at radius 3 is 2.15 bits per heavy atom. The molecule has 0 aromatic heterocycles. The van der Waals surface area contributed by atoms with Crippen molar-refractivity contribution < 1.29 is 28.7 Å². The first-order valence-electron chi connectivity index (χ1n) is 17.0. The molecule has 2 atom stereocenters. The third kappa shape index (κ3) is 6.35. The fourth-order valence-corrected chi connectivity index (χ4v) is 9.64. The number of para-hydroxylation sites is 1. The van der Waals surface area contributed by atoms with Crippen LogP contribution in [0.2, 0.25) is 5.02 Å². The van der Waals surface area contributed by atoms with E-state index in [0.29, 0.717) is 46.0 Å². The zero-order valence-electron chi connectivity index (χ0n) is 27.2. The van der Waals surface area contributed by atoms with Gasteiger partial charge in [0.25, 0.3) is 0 Å². The molecule has 2 amide bonds. The van der Waals surface area contributed by atoms with Gasteiger partial charge in [-0.25, -0.2) is 9.59 Å². The van der Waals surface area contributed by atoms with Crippen LogP contribution in [0, 0.1) is 23.2 Å². The van der Waals surface area contributed by atoms with Crippen molar-refractivity contribution in [2.24, 2.45) is 23.2 Å². The lowest BCUT2D eigenvalue weighted by atomic mass is 9.48. The van der Waals surface area contributed by atoms with Crippen molar-refractivity contribution in [1.82, 2.24) is 4.90 Å². The molecule has 8 rings (SSSR count). The first-order chi connectivity index (χ1) is 23.2. The number of fused-ring (bicyclic) bond motifs is 1. The van der Waals surface area contributed by atoms with Crippen LogP contribution in [0.25, 0.3) is 0 Å². The molecule has 0 spiro atoms. The maximum absolute atomic E-state index is 15.3. The molecule has 4 fully saturated rings. The van der Waals surface area contributed by atoms with E-state index in [0.717, 1.165) is 24.8 Å².